The number of nitrogens with zero attached hydrogens (tertiary/aromatic N) is 1. The third-order valence-electron chi connectivity index (χ3n) is 5.09. The highest BCUT2D eigenvalue weighted by molar-refractivity contribution is 7.12. The van der Waals surface area contributed by atoms with Gasteiger partial charge in [0.2, 0.25) is 0 Å². The molecule has 3 aromatic carbocycles. The number of aromatic amines is 1. The second kappa shape index (κ2) is 9.30. The molecule has 34 heavy (non-hydrogen) atoms. The number of halogens is 2. The van der Waals surface area contributed by atoms with Gasteiger partial charge in [-0.3, -0.25) is 9.59 Å². The van der Waals surface area contributed by atoms with Crippen molar-refractivity contribution in [1.82, 2.24) is 9.97 Å². The summed E-state index contributed by atoms with van der Waals surface area (Å²) in [5.74, 6) is 0.137. The minimum Gasteiger partial charge on any atom is -0.338 e. The highest BCUT2D eigenvalue weighted by Gasteiger charge is 2.15. The van der Waals surface area contributed by atoms with Crippen LogP contribution in [0, 0.1) is 0 Å². The van der Waals surface area contributed by atoms with Crippen molar-refractivity contribution in [3.63, 3.8) is 0 Å². The Morgan fingerprint density at radius 3 is 2.24 bits per heavy atom. The maximum Gasteiger partial charge on any atom is 0.265 e. The maximum absolute atomic E-state index is 12.7. The Labute approximate surface area is 208 Å². The fourth-order valence-electron chi connectivity index (χ4n) is 3.44. The minimum atomic E-state index is -0.394. The van der Waals surface area contributed by atoms with Crippen LogP contribution in [0.2, 0.25) is 10.0 Å². The first-order valence-corrected chi connectivity index (χ1v) is 11.8. The molecule has 0 spiro atoms. The molecule has 0 fully saturated rings. The van der Waals surface area contributed by atoms with E-state index >= 15 is 0 Å². The van der Waals surface area contributed by atoms with E-state index in [0.29, 0.717) is 22.1 Å². The number of aromatic nitrogens is 2. The van der Waals surface area contributed by atoms with Gasteiger partial charge < -0.3 is 15.6 Å². The number of carbonyl (C=O) groups is 2. The molecule has 2 aromatic heterocycles. The first-order valence-electron chi connectivity index (χ1n) is 10.2. The van der Waals surface area contributed by atoms with Gasteiger partial charge in [0.25, 0.3) is 11.8 Å². The normalized spacial score (nSPS) is 10.9. The summed E-state index contributed by atoms with van der Waals surface area (Å²) in [4.78, 5) is 33.4. The Kier molecular flexibility index (Phi) is 6.06. The van der Waals surface area contributed by atoms with Gasteiger partial charge in [0, 0.05) is 16.9 Å². The summed E-state index contributed by atoms with van der Waals surface area (Å²) in [6, 6.07) is 21.3. The molecular weight excluding hydrogens is 491 g/mol. The Balaban J connectivity index is 1.33. The van der Waals surface area contributed by atoms with E-state index in [0.717, 1.165) is 16.6 Å². The number of imidazole rings is 1. The molecule has 0 bridgehead atoms. The van der Waals surface area contributed by atoms with Crippen LogP contribution in [0.5, 0.6) is 0 Å². The number of anilines is 2. The predicted molar refractivity (Wildman–Crippen MR) is 138 cm³/mol. The topological polar surface area (TPSA) is 86.9 Å². The number of nitrogens with one attached hydrogen (secondary N) is 3. The second-order valence-electron chi connectivity index (χ2n) is 7.38. The molecule has 3 N–H and O–H groups in total. The molecule has 5 rings (SSSR count). The Morgan fingerprint density at radius 2 is 1.53 bits per heavy atom. The zero-order chi connectivity index (χ0) is 23.7. The molecule has 168 valence electrons. The summed E-state index contributed by atoms with van der Waals surface area (Å²) in [6.07, 6.45) is 0. The summed E-state index contributed by atoms with van der Waals surface area (Å²) in [7, 11) is 0. The average molecular weight is 507 g/mol. The first kappa shape index (κ1) is 22.2. The fraction of sp³-hybridized carbons (Fsp3) is 0. The Morgan fingerprint density at radius 1 is 0.824 bits per heavy atom. The van der Waals surface area contributed by atoms with Crippen molar-refractivity contribution < 1.29 is 9.59 Å². The van der Waals surface area contributed by atoms with Crippen LogP contribution in [0.3, 0.4) is 0 Å². The molecule has 2 heterocycles. The molecule has 0 saturated carbocycles. The van der Waals surface area contributed by atoms with E-state index in [2.05, 4.69) is 20.6 Å². The van der Waals surface area contributed by atoms with E-state index in [-0.39, 0.29) is 21.5 Å². The molecular formula is C25H16Cl2N4O2S. The van der Waals surface area contributed by atoms with E-state index in [1.807, 2.05) is 41.8 Å². The predicted octanol–water partition coefficient (Wildman–Crippen LogP) is 7.10. The number of thiophene rings is 1. The number of fused-ring (bicyclic) bond motifs is 1. The highest BCUT2D eigenvalue weighted by Crippen LogP contribution is 2.27. The monoisotopic (exact) mass is 506 g/mol. The van der Waals surface area contributed by atoms with Gasteiger partial charge in [0.05, 0.1) is 31.5 Å². The summed E-state index contributed by atoms with van der Waals surface area (Å²) >= 11 is 13.7. The van der Waals surface area contributed by atoms with E-state index in [4.69, 9.17) is 23.2 Å². The van der Waals surface area contributed by atoms with Crippen LogP contribution in [0.1, 0.15) is 20.0 Å². The van der Waals surface area contributed by atoms with Crippen LogP contribution >= 0.6 is 34.5 Å². The minimum absolute atomic E-state index is 0.140. The summed E-state index contributed by atoms with van der Waals surface area (Å²) in [5, 5.41) is 8.13. The van der Waals surface area contributed by atoms with Crippen molar-refractivity contribution >= 4 is 68.8 Å². The van der Waals surface area contributed by atoms with Crippen molar-refractivity contribution in [1.29, 1.82) is 0 Å². The molecule has 2 amide bonds. The third-order valence-corrected chi connectivity index (χ3v) is 6.59. The summed E-state index contributed by atoms with van der Waals surface area (Å²) in [5.41, 5.74) is 3.87. The molecule has 0 aliphatic heterocycles. The molecule has 0 radical (unpaired) electrons. The Bertz CT molecular complexity index is 1490. The lowest BCUT2D eigenvalue weighted by atomic mass is 10.2. The highest BCUT2D eigenvalue weighted by atomic mass is 35.5. The van der Waals surface area contributed by atoms with Crippen LogP contribution in [-0.4, -0.2) is 21.8 Å². The van der Waals surface area contributed by atoms with Crippen LogP contribution in [-0.2, 0) is 0 Å². The fourth-order valence-corrected chi connectivity index (χ4v) is 4.63. The van der Waals surface area contributed by atoms with Gasteiger partial charge in [0.1, 0.15) is 5.82 Å². The molecule has 0 saturated heterocycles. The maximum atomic E-state index is 12.7. The van der Waals surface area contributed by atoms with Gasteiger partial charge in [-0.25, -0.2) is 4.98 Å². The van der Waals surface area contributed by atoms with Crippen molar-refractivity contribution in [3.05, 3.63) is 98.7 Å². The first-order chi connectivity index (χ1) is 16.5. The molecule has 5 aromatic rings. The smallest absolute Gasteiger partial charge is 0.265 e. The molecule has 0 atom stereocenters. The quantitative estimate of drug-likeness (QED) is 0.237. The number of benzene rings is 3. The van der Waals surface area contributed by atoms with Crippen molar-refractivity contribution in [3.8, 4) is 11.4 Å². The van der Waals surface area contributed by atoms with Gasteiger partial charge in [-0.1, -0.05) is 35.3 Å². The number of amides is 2. The number of H-pyrrole nitrogens is 1. The third kappa shape index (κ3) is 4.54. The average Bonchev–Trinajstić information content (AvgIpc) is 3.49. The van der Waals surface area contributed by atoms with E-state index < -0.39 is 5.91 Å². The SMILES string of the molecule is O=C(Nc1ccc(-c2nc3ccc(NC(=O)c4c(Cl)cccc4Cl)cc3[nH]2)cc1)c1cccs1. The Hall–Kier alpha value is -3.65. The number of rotatable bonds is 5. The summed E-state index contributed by atoms with van der Waals surface area (Å²) < 4.78 is 0. The molecule has 0 aliphatic rings. The molecule has 9 heteroatoms. The largest absolute Gasteiger partial charge is 0.338 e. The van der Waals surface area contributed by atoms with Gasteiger partial charge >= 0.3 is 0 Å². The van der Waals surface area contributed by atoms with Gasteiger partial charge in [-0.2, -0.15) is 0 Å². The lowest BCUT2D eigenvalue weighted by molar-refractivity contribution is 0.102. The van der Waals surface area contributed by atoms with Crippen LogP contribution in [0.25, 0.3) is 22.4 Å². The zero-order valence-corrected chi connectivity index (χ0v) is 19.8. The molecule has 6 nitrogen and oxygen atoms in total. The van der Waals surface area contributed by atoms with Gasteiger partial charge in [0.15, 0.2) is 0 Å². The zero-order valence-electron chi connectivity index (χ0n) is 17.4. The second-order valence-corrected chi connectivity index (χ2v) is 9.14. The van der Waals surface area contributed by atoms with Crippen molar-refractivity contribution in [2.45, 2.75) is 0 Å². The summed E-state index contributed by atoms with van der Waals surface area (Å²) in [6.45, 7) is 0. The molecule has 0 unspecified atom stereocenters. The van der Waals surface area contributed by atoms with E-state index in [9.17, 15) is 9.59 Å². The van der Waals surface area contributed by atoms with Crippen molar-refractivity contribution in [2.75, 3.05) is 10.6 Å². The molecule has 0 aliphatic carbocycles. The van der Waals surface area contributed by atoms with Crippen LogP contribution < -0.4 is 10.6 Å². The standard InChI is InChI=1S/C25H16Cl2N4O2S/c26-17-3-1-4-18(27)22(17)25(33)29-16-10-11-19-20(13-16)31-23(30-19)14-6-8-15(9-7-14)28-24(32)21-5-2-12-34-21/h1-13H,(H,28,32)(H,29,33)(H,30,31). The number of carbonyl (C=O) groups excluding carboxylic acids is 2. The van der Waals surface area contributed by atoms with Crippen LogP contribution in [0.15, 0.2) is 78.2 Å². The van der Waals surface area contributed by atoms with E-state index in [1.165, 1.54) is 11.3 Å². The van der Waals surface area contributed by atoms with Crippen LogP contribution in [0.4, 0.5) is 11.4 Å². The lowest BCUT2D eigenvalue weighted by Crippen LogP contribution is -2.13. The number of hydrogen-bond donors (Lipinski definition) is 3. The van der Waals surface area contributed by atoms with Gasteiger partial charge in [-0.15, -0.1) is 11.3 Å². The number of hydrogen-bond acceptors (Lipinski definition) is 4. The lowest BCUT2D eigenvalue weighted by Gasteiger charge is -2.08. The van der Waals surface area contributed by atoms with E-state index in [1.54, 1.807) is 36.4 Å². The van der Waals surface area contributed by atoms with Crippen molar-refractivity contribution in [2.24, 2.45) is 0 Å². The van der Waals surface area contributed by atoms with Gasteiger partial charge in [-0.05, 0) is 66.0 Å².